The van der Waals surface area contributed by atoms with E-state index in [1.165, 1.54) is 0 Å². The summed E-state index contributed by atoms with van der Waals surface area (Å²) >= 11 is 0. The smallest absolute Gasteiger partial charge is 0.353 e. The molecule has 0 radical (unpaired) electrons. The minimum absolute atomic E-state index is 0.0438. The molecule has 0 aliphatic rings. The molecule has 0 atom stereocenters. The lowest BCUT2D eigenvalue weighted by atomic mass is 10.4. The molecule has 0 unspecified atom stereocenters. The molecule has 17 heavy (non-hydrogen) atoms. The topological polar surface area (TPSA) is 3.24 Å². The summed E-state index contributed by atoms with van der Waals surface area (Å²) in [5.41, 5.74) is 0. The molecule has 0 rings (SSSR count). The molecule has 0 amide bonds. The zero-order valence-corrected chi connectivity index (χ0v) is 13.0. The average Bonchev–Trinajstić information content (AvgIpc) is 2.09. The Hall–Kier alpha value is -0.0262. The summed E-state index contributed by atoms with van der Waals surface area (Å²) in [5.74, 6) is 0. The van der Waals surface area contributed by atoms with Crippen molar-refractivity contribution in [2.45, 2.75) is 44.3 Å². The van der Waals surface area contributed by atoms with Gasteiger partial charge in [-0.15, -0.1) is 0 Å². The van der Waals surface area contributed by atoms with Crippen LogP contribution in [0, 0.1) is 0 Å². The Morgan fingerprint density at radius 1 is 0.941 bits per heavy atom. The summed E-state index contributed by atoms with van der Waals surface area (Å²) in [5, 5.41) is 0. The van der Waals surface area contributed by atoms with Gasteiger partial charge in [-0.1, -0.05) is 13.1 Å². The van der Waals surface area contributed by atoms with Crippen LogP contribution in [0.15, 0.2) is 0 Å². The van der Waals surface area contributed by atoms with Crippen LogP contribution in [0.25, 0.3) is 0 Å². The Bertz CT molecular complexity index is 237. The molecule has 1 nitrogen and oxygen atoms in total. The Labute approximate surface area is 101 Å². The molecular weight excluding hydrogens is 280 g/mol. The van der Waals surface area contributed by atoms with Crippen LogP contribution < -0.4 is 0 Å². The molecule has 104 valence electrons. The van der Waals surface area contributed by atoms with Crippen molar-refractivity contribution in [3.63, 3.8) is 0 Å². The van der Waals surface area contributed by atoms with Gasteiger partial charge >= 0.3 is 12.4 Å². The highest BCUT2D eigenvalue weighted by molar-refractivity contribution is 6.78. The quantitative estimate of drug-likeness (QED) is 0.557. The molecular formula is C8H17F6NSi2. The molecule has 0 aromatic rings. The van der Waals surface area contributed by atoms with E-state index in [0.717, 1.165) is 0 Å². The fraction of sp³-hybridized carbons (Fsp3) is 1.00. The van der Waals surface area contributed by atoms with E-state index in [2.05, 4.69) is 0 Å². The lowest BCUT2D eigenvalue weighted by molar-refractivity contribution is -0.135. The first-order valence-electron chi connectivity index (χ1n) is 5.18. The third kappa shape index (κ3) is 8.66. The summed E-state index contributed by atoms with van der Waals surface area (Å²) in [4.78, 5) is 0. The SMILES string of the molecule is C[Si](C)(CCC(F)(F)F)N([SiH3])CCC(F)(F)F. The number of rotatable bonds is 5. The van der Waals surface area contributed by atoms with Crippen LogP contribution in [-0.2, 0) is 0 Å². The van der Waals surface area contributed by atoms with E-state index < -0.39 is 33.4 Å². The lowest BCUT2D eigenvalue weighted by Crippen LogP contribution is -2.48. The molecule has 0 bridgehead atoms. The van der Waals surface area contributed by atoms with E-state index in [1.54, 1.807) is 17.3 Å². The van der Waals surface area contributed by atoms with E-state index in [1.807, 2.05) is 0 Å². The standard InChI is InChI=1S/C8H17F6NSi2/c1-17(2,6-4-8(12,13)14)15(16)5-3-7(9,10)11/h3-6H2,1-2,16H3. The highest BCUT2D eigenvalue weighted by Crippen LogP contribution is 2.28. The second kappa shape index (κ2) is 5.74. The monoisotopic (exact) mass is 297 g/mol. The van der Waals surface area contributed by atoms with Crippen LogP contribution >= 0.6 is 0 Å². The molecule has 0 fully saturated rings. The predicted octanol–water partition coefficient (Wildman–Crippen LogP) is 2.68. The average molecular weight is 297 g/mol. The van der Waals surface area contributed by atoms with Gasteiger partial charge in [0.05, 0.1) is 16.8 Å². The Kier molecular flexibility index (Phi) is 5.73. The highest BCUT2D eigenvalue weighted by atomic mass is 28.4. The Balaban J connectivity index is 4.20. The van der Waals surface area contributed by atoms with Gasteiger partial charge in [0.2, 0.25) is 0 Å². The van der Waals surface area contributed by atoms with E-state index >= 15 is 0 Å². The molecule has 0 aliphatic heterocycles. The van der Waals surface area contributed by atoms with E-state index in [9.17, 15) is 26.3 Å². The maximum atomic E-state index is 12.1. The molecule has 0 spiro atoms. The van der Waals surface area contributed by atoms with Crippen LogP contribution in [-0.4, -0.2) is 41.8 Å². The van der Waals surface area contributed by atoms with Crippen molar-refractivity contribution in [3.05, 3.63) is 0 Å². The van der Waals surface area contributed by atoms with E-state index in [0.29, 0.717) is 10.4 Å². The van der Waals surface area contributed by atoms with Gasteiger partial charge in [0.15, 0.2) is 0 Å². The van der Waals surface area contributed by atoms with Gasteiger partial charge in [-0.3, -0.25) is 0 Å². The normalized spacial score (nSPS) is 14.6. The summed E-state index contributed by atoms with van der Waals surface area (Å²) in [6, 6.07) is -0.0438. The molecule has 0 heterocycles. The lowest BCUT2D eigenvalue weighted by Gasteiger charge is -2.34. The molecule has 0 saturated carbocycles. The fourth-order valence-electron chi connectivity index (χ4n) is 1.24. The highest BCUT2D eigenvalue weighted by Gasteiger charge is 2.35. The minimum atomic E-state index is -4.24. The summed E-state index contributed by atoms with van der Waals surface area (Å²) in [6.45, 7) is 3.19. The first-order valence-corrected chi connectivity index (χ1v) is 9.23. The Morgan fingerprint density at radius 2 is 1.35 bits per heavy atom. The first-order chi connectivity index (χ1) is 7.33. The number of nitrogens with zero attached hydrogens (tertiary/aromatic N) is 1. The van der Waals surface area contributed by atoms with Crippen molar-refractivity contribution in [1.82, 2.24) is 4.23 Å². The molecule has 0 N–H and O–H groups in total. The number of hydrogen-bond donors (Lipinski definition) is 0. The van der Waals surface area contributed by atoms with Crippen LogP contribution in [0.4, 0.5) is 26.3 Å². The second-order valence-electron chi connectivity index (χ2n) is 4.71. The van der Waals surface area contributed by atoms with Crippen molar-refractivity contribution >= 4 is 18.6 Å². The molecule has 0 aromatic carbocycles. The first kappa shape index (κ1) is 17.0. The van der Waals surface area contributed by atoms with Crippen molar-refractivity contribution in [2.24, 2.45) is 0 Å². The van der Waals surface area contributed by atoms with Gasteiger partial charge in [0, 0.05) is 6.42 Å². The second-order valence-corrected chi connectivity index (χ2v) is 11.6. The van der Waals surface area contributed by atoms with Crippen LogP contribution in [0.5, 0.6) is 0 Å². The molecule has 9 heteroatoms. The maximum absolute atomic E-state index is 12.1. The van der Waals surface area contributed by atoms with Crippen molar-refractivity contribution in [1.29, 1.82) is 0 Å². The van der Waals surface area contributed by atoms with Gasteiger partial charge in [0.1, 0.15) is 8.24 Å². The zero-order valence-electron chi connectivity index (χ0n) is 10.0. The summed E-state index contributed by atoms with van der Waals surface area (Å²) in [7, 11) is -1.97. The number of hydrogen-bond acceptors (Lipinski definition) is 1. The molecule has 0 saturated heterocycles. The van der Waals surface area contributed by atoms with Gasteiger partial charge in [0.25, 0.3) is 0 Å². The maximum Gasteiger partial charge on any atom is 0.390 e. The third-order valence-corrected chi connectivity index (χ3v) is 10.6. The Morgan fingerprint density at radius 3 is 1.71 bits per heavy atom. The van der Waals surface area contributed by atoms with Crippen LogP contribution in [0.1, 0.15) is 12.8 Å². The minimum Gasteiger partial charge on any atom is -0.353 e. The predicted molar refractivity (Wildman–Crippen MR) is 60.3 cm³/mol. The number of halogens is 6. The van der Waals surface area contributed by atoms with Gasteiger partial charge in [-0.25, -0.2) is 0 Å². The van der Waals surface area contributed by atoms with Crippen LogP contribution in [0.2, 0.25) is 19.1 Å². The number of alkyl halides is 6. The largest absolute Gasteiger partial charge is 0.390 e. The van der Waals surface area contributed by atoms with Gasteiger partial charge < -0.3 is 4.23 Å². The zero-order chi connectivity index (χ0) is 13.9. The fourth-order valence-corrected chi connectivity index (χ4v) is 4.12. The molecule has 0 aromatic heterocycles. The van der Waals surface area contributed by atoms with Crippen molar-refractivity contribution < 1.29 is 26.3 Å². The third-order valence-electron chi connectivity index (χ3n) is 2.78. The van der Waals surface area contributed by atoms with Crippen molar-refractivity contribution in [3.8, 4) is 0 Å². The van der Waals surface area contributed by atoms with E-state index in [-0.39, 0.29) is 12.6 Å². The van der Waals surface area contributed by atoms with Crippen LogP contribution in [0.3, 0.4) is 0 Å². The summed E-state index contributed by atoms with van der Waals surface area (Å²) < 4.78 is 73.8. The van der Waals surface area contributed by atoms with E-state index in [4.69, 9.17) is 0 Å². The molecule has 0 aliphatic carbocycles. The summed E-state index contributed by atoms with van der Waals surface area (Å²) in [6.07, 6.45) is -10.3. The van der Waals surface area contributed by atoms with Gasteiger partial charge in [-0.2, -0.15) is 26.3 Å². The van der Waals surface area contributed by atoms with Gasteiger partial charge in [-0.05, 0) is 12.6 Å². The van der Waals surface area contributed by atoms with Crippen molar-refractivity contribution in [2.75, 3.05) is 6.54 Å².